The Labute approximate surface area is 134 Å². The van der Waals surface area contributed by atoms with Gasteiger partial charge in [0.1, 0.15) is 11.6 Å². The van der Waals surface area contributed by atoms with Crippen LogP contribution < -0.4 is 10.2 Å². The van der Waals surface area contributed by atoms with Crippen molar-refractivity contribution in [2.24, 2.45) is 0 Å². The van der Waals surface area contributed by atoms with Crippen LogP contribution in [0, 0.1) is 6.92 Å². The van der Waals surface area contributed by atoms with Gasteiger partial charge in [0.25, 0.3) is 5.91 Å². The van der Waals surface area contributed by atoms with Crippen LogP contribution in [-0.4, -0.2) is 23.4 Å². The van der Waals surface area contributed by atoms with Crippen LogP contribution in [0.3, 0.4) is 0 Å². The largest absolute Gasteiger partial charge is 0.340 e. The van der Waals surface area contributed by atoms with E-state index >= 15 is 0 Å². The standard InChI is InChI=1S/C16H21BrN2O2/c1-5-12-14(20)18-16(4,6-2)15(21)19(12)13-8-7-10(3)9-11(13)17/h7-9,12H,5-6H2,1-4H3,(H,18,20). The molecule has 21 heavy (non-hydrogen) atoms. The van der Waals surface area contributed by atoms with Gasteiger partial charge in [-0.05, 0) is 60.3 Å². The van der Waals surface area contributed by atoms with Crippen LogP contribution in [0.4, 0.5) is 5.69 Å². The summed E-state index contributed by atoms with van der Waals surface area (Å²) in [6, 6.07) is 5.35. The molecule has 2 rings (SSSR count). The van der Waals surface area contributed by atoms with Crippen LogP contribution in [0.5, 0.6) is 0 Å². The second-order valence-corrected chi connectivity index (χ2v) is 6.58. The van der Waals surface area contributed by atoms with Crippen LogP contribution in [0.15, 0.2) is 22.7 Å². The van der Waals surface area contributed by atoms with Crippen molar-refractivity contribution in [1.82, 2.24) is 5.32 Å². The molecule has 1 aliphatic heterocycles. The van der Waals surface area contributed by atoms with Gasteiger partial charge in [-0.15, -0.1) is 0 Å². The van der Waals surface area contributed by atoms with Crippen molar-refractivity contribution in [1.29, 1.82) is 0 Å². The first-order chi connectivity index (χ1) is 9.84. The van der Waals surface area contributed by atoms with Crippen molar-refractivity contribution in [2.45, 2.75) is 52.1 Å². The highest BCUT2D eigenvalue weighted by atomic mass is 79.9. The van der Waals surface area contributed by atoms with E-state index in [-0.39, 0.29) is 11.8 Å². The van der Waals surface area contributed by atoms with E-state index in [4.69, 9.17) is 0 Å². The molecule has 0 radical (unpaired) electrons. The van der Waals surface area contributed by atoms with Crippen molar-refractivity contribution >= 4 is 33.4 Å². The summed E-state index contributed by atoms with van der Waals surface area (Å²) in [7, 11) is 0. The average molecular weight is 353 g/mol. The Hall–Kier alpha value is -1.36. The number of hydrogen-bond acceptors (Lipinski definition) is 2. The molecule has 1 saturated heterocycles. The minimum absolute atomic E-state index is 0.0546. The summed E-state index contributed by atoms with van der Waals surface area (Å²) >= 11 is 3.52. The van der Waals surface area contributed by atoms with Gasteiger partial charge >= 0.3 is 0 Å². The SMILES string of the molecule is CCC1C(=O)NC(C)(CC)C(=O)N1c1ccc(C)cc1Br. The predicted octanol–water partition coefficient (Wildman–Crippen LogP) is 3.17. The number of hydrogen-bond donors (Lipinski definition) is 1. The minimum Gasteiger partial charge on any atom is -0.340 e. The Bertz CT molecular complexity index is 588. The lowest BCUT2D eigenvalue weighted by Crippen LogP contribution is -2.69. The Morgan fingerprint density at radius 1 is 1.33 bits per heavy atom. The second-order valence-electron chi connectivity index (χ2n) is 5.73. The number of carbonyl (C=O) groups excluding carboxylic acids is 2. The van der Waals surface area contributed by atoms with E-state index in [0.717, 1.165) is 15.7 Å². The molecule has 0 bridgehead atoms. The van der Waals surface area contributed by atoms with Crippen LogP contribution in [-0.2, 0) is 9.59 Å². The molecule has 1 N–H and O–H groups in total. The quantitative estimate of drug-likeness (QED) is 0.908. The Morgan fingerprint density at radius 2 is 2.00 bits per heavy atom. The average Bonchev–Trinajstić information content (AvgIpc) is 2.43. The first-order valence-electron chi connectivity index (χ1n) is 7.26. The number of aryl methyl sites for hydroxylation is 1. The molecule has 1 aliphatic rings. The molecule has 1 aromatic rings. The molecule has 4 nitrogen and oxygen atoms in total. The zero-order valence-corrected chi connectivity index (χ0v) is 14.5. The first kappa shape index (κ1) is 16.0. The lowest BCUT2D eigenvalue weighted by Gasteiger charge is -2.44. The molecule has 1 fully saturated rings. The predicted molar refractivity (Wildman–Crippen MR) is 87.3 cm³/mol. The lowest BCUT2D eigenvalue weighted by atomic mass is 9.90. The number of benzene rings is 1. The van der Waals surface area contributed by atoms with Gasteiger partial charge in [-0.2, -0.15) is 0 Å². The Kier molecular flexibility index (Phi) is 4.42. The Balaban J connectivity index is 2.54. The van der Waals surface area contributed by atoms with Gasteiger partial charge in [0, 0.05) is 4.47 Å². The van der Waals surface area contributed by atoms with Crippen LogP contribution in [0.1, 0.15) is 39.2 Å². The highest BCUT2D eigenvalue weighted by molar-refractivity contribution is 9.10. The van der Waals surface area contributed by atoms with E-state index in [1.165, 1.54) is 0 Å². The van der Waals surface area contributed by atoms with E-state index in [1.807, 2.05) is 39.0 Å². The fraction of sp³-hybridized carbons (Fsp3) is 0.500. The summed E-state index contributed by atoms with van der Waals surface area (Å²) in [5.41, 5.74) is 1.02. The molecule has 1 aromatic carbocycles. The minimum atomic E-state index is -0.840. The maximum absolute atomic E-state index is 12.9. The van der Waals surface area contributed by atoms with Crippen molar-refractivity contribution in [3.63, 3.8) is 0 Å². The van der Waals surface area contributed by atoms with Crippen molar-refractivity contribution in [2.75, 3.05) is 4.90 Å². The van der Waals surface area contributed by atoms with Gasteiger partial charge in [0.15, 0.2) is 0 Å². The number of nitrogens with one attached hydrogen (secondary N) is 1. The number of piperazine rings is 1. The highest BCUT2D eigenvalue weighted by Crippen LogP contribution is 2.34. The van der Waals surface area contributed by atoms with Crippen LogP contribution >= 0.6 is 15.9 Å². The molecule has 0 aromatic heterocycles. The normalized spacial score (nSPS) is 26.0. The van der Waals surface area contributed by atoms with Crippen LogP contribution in [0.25, 0.3) is 0 Å². The van der Waals surface area contributed by atoms with E-state index in [2.05, 4.69) is 21.2 Å². The fourth-order valence-corrected chi connectivity index (χ4v) is 3.31. The maximum Gasteiger partial charge on any atom is 0.253 e. The monoisotopic (exact) mass is 352 g/mol. The number of anilines is 1. The molecule has 1 heterocycles. The summed E-state index contributed by atoms with van der Waals surface area (Å²) < 4.78 is 0.836. The molecule has 2 unspecified atom stereocenters. The second kappa shape index (κ2) is 5.79. The van der Waals surface area contributed by atoms with E-state index < -0.39 is 11.6 Å². The molecule has 2 amide bonds. The number of amides is 2. The maximum atomic E-state index is 12.9. The summed E-state index contributed by atoms with van der Waals surface area (Å²) in [5.74, 6) is -0.144. The van der Waals surface area contributed by atoms with Gasteiger partial charge in [-0.1, -0.05) is 19.9 Å². The van der Waals surface area contributed by atoms with Crippen LogP contribution in [0.2, 0.25) is 0 Å². The summed E-state index contributed by atoms with van der Waals surface area (Å²) in [5, 5.41) is 2.88. The van der Waals surface area contributed by atoms with Gasteiger partial charge in [-0.25, -0.2) is 0 Å². The van der Waals surface area contributed by atoms with Gasteiger partial charge in [-0.3, -0.25) is 14.5 Å². The lowest BCUT2D eigenvalue weighted by molar-refractivity contribution is -0.138. The first-order valence-corrected chi connectivity index (χ1v) is 8.05. The number of carbonyl (C=O) groups is 2. The van der Waals surface area contributed by atoms with Crippen molar-refractivity contribution < 1.29 is 9.59 Å². The topological polar surface area (TPSA) is 49.4 Å². The van der Waals surface area contributed by atoms with E-state index in [1.54, 1.807) is 11.8 Å². The third-order valence-electron chi connectivity index (χ3n) is 4.16. The molecule has 114 valence electrons. The smallest absolute Gasteiger partial charge is 0.253 e. The summed E-state index contributed by atoms with van der Waals surface area (Å²) in [4.78, 5) is 27.0. The molecular weight excluding hydrogens is 332 g/mol. The summed E-state index contributed by atoms with van der Waals surface area (Å²) in [6.07, 6.45) is 1.14. The molecule has 0 aliphatic carbocycles. The molecule has 5 heteroatoms. The highest BCUT2D eigenvalue weighted by Gasteiger charge is 2.47. The van der Waals surface area contributed by atoms with E-state index in [9.17, 15) is 9.59 Å². The molecule has 2 atom stereocenters. The zero-order chi connectivity index (χ0) is 15.8. The number of halogens is 1. The Morgan fingerprint density at radius 3 is 2.52 bits per heavy atom. The number of nitrogens with zero attached hydrogens (tertiary/aromatic N) is 1. The molecule has 0 spiro atoms. The van der Waals surface area contributed by atoms with Gasteiger partial charge in [0.05, 0.1) is 5.69 Å². The summed E-state index contributed by atoms with van der Waals surface area (Å²) in [6.45, 7) is 7.61. The molecule has 0 saturated carbocycles. The van der Waals surface area contributed by atoms with Gasteiger partial charge < -0.3 is 5.32 Å². The van der Waals surface area contributed by atoms with Gasteiger partial charge in [0.2, 0.25) is 5.91 Å². The van der Waals surface area contributed by atoms with E-state index in [0.29, 0.717) is 12.8 Å². The fourth-order valence-electron chi connectivity index (χ4n) is 2.63. The zero-order valence-electron chi connectivity index (χ0n) is 12.9. The number of rotatable bonds is 3. The molecular formula is C16H21BrN2O2. The third kappa shape index (κ3) is 2.71. The third-order valence-corrected chi connectivity index (χ3v) is 4.80. The van der Waals surface area contributed by atoms with Crippen molar-refractivity contribution in [3.05, 3.63) is 28.2 Å². The van der Waals surface area contributed by atoms with Crippen molar-refractivity contribution in [3.8, 4) is 0 Å².